The van der Waals surface area contributed by atoms with E-state index in [-0.39, 0.29) is 22.9 Å². The third kappa shape index (κ3) is 5.07. The van der Waals surface area contributed by atoms with Gasteiger partial charge in [0, 0.05) is 34.8 Å². The first kappa shape index (κ1) is 19.5. The predicted octanol–water partition coefficient (Wildman–Crippen LogP) is 0.576. The minimum atomic E-state index is -0.159. The van der Waals surface area contributed by atoms with Gasteiger partial charge in [-0.1, -0.05) is 0 Å². The number of hydrogen-bond donors (Lipinski definition) is 3. The maximum absolute atomic E-state index is 12.2. The van der Waals surface area contributed by atoms with Gasteiger partial charge in [0.1, 0.15) is 6.54 Å². The molecule has 0 aliphatic rings. The number of carbonyl (C=O) groups is 1. The van der Waals surface area contributed by atoms with Crippen molar-refractivity contribution in [3.05, 3.63) is 78.6 Å². The van der Waals surface area contributed by atoms with Gasteiger partial charge in [-0.25, -0.2) is 4.57 Å². The molecule has 5 nitrogen and oxygen atoms in total. The summed E-state index contributed by atoms with van der Waals surface area (Å²) < 4.78 is 2.10. The van der Waals surface area contributed by atoms with Crippen LogP contribution in [0, 0.1) is 0 Å². The van der Waals surface area contributed by atoms with Crippen LogP contribution < -0.4 is 37.9 Å². The van der Waals surface area contributed by atoms with Crippen LogP contribution in [0.3, 0.4) is 0 Å². The topological polar surface area (TPSA) is 71.0 Å². The van der Waals surface area contributed by atoms with Crippen LogP contribution in [0.25, 0.3) is 0 Å². The number of nitrogens with two attached hydrogens (primary N) is 1. The highest BCUT2D eigenvalue weighted by atomic mass is 79.9. The Labute approximate surface area is 163 Å². The van der Waals surface area contributed by atoms with Crippen LogP contribution in [0.4, 0.5) is 22.7 Å². The van der Waals surface area contributed by atoms with E-state index in [4.69, 9.17) is 5.73 Å². The van der Waals surface area contributed by atoms with E-state index in [1.54, 1.807) is 24.3 Å². The van der Waals surface area contributed by atoms with Crippen molar-refractivity contribution in [2.75, 3.05) is 16.4 Å². The summed E-state index contributed by atoms with van der Waals surface area (Å²) in [5.74, 6) is -0.159. The zero-order chi connectivity index (χ0) is 17.6. The molecule has 6 heteroatoms. The summed E-state index contributed by atoms with van der Waals surface area (Å²) in [7, 11) is 0. The number of benzene rings is 2. The first-order valence-electron chi connectivity index (χ1n) is 8.17. The number of anilines is 4. The molecule has 4 N–H and O–H groups in total. The molecular weight excluding hydrogens is 392 g/mol. The molecule has 3 rings (SSSR count). The summed E-state index contributed by atoms with van der Waals surface area (Å²) in [5, 5.41) is 6.21. The molecule has 0 radical (unpaired) electrons. The fourth-order valence-electron chi connectivity index (χ4n) is 2.39. The first-order chi connectivity index (χ1) is 12.1. The quantitative estimate of drug-likeness (QED) is 0.423. The zero-order valence-electron chi connectivity index (χ0n) is 14.4. The van der Waals surface area contributed by atoms with Gasteiger partial charge in [-0.2, -0.15) is 0 Å². The second kappa shape index (κ2) is 9.01. The van der Waals surface area contributed by atoms with Gasteiger partial charge in [0.15, 0.2) is 12.4 Å². The molecule has 1 aromatic heterocycles. The van der Waals surface area contributed by atoms with Crippen LogP contribution in [-0.2, 0) is 6.54 Å². The zero-order valence-corrected chi connectivity index (χ0v) is 16.0. The summed E-state index contributed by atoms with van der Waals surface area (Å²) in [6.07, 6.45) is 4.06. The number of halogens is 1. The second-order valence-electron chi connectivity index (χ2n) is 5.70. The number of aryl methyl sites for hydroxylation is 1. The number of nitrogens with one attached hydrogen (secondary N) is 2. The average Bonchev–Trinajstić information content (AvgIpc) is 2.64. The molecule has 0 fully saturated rings. The van der Waals surface area contributed by atoms with Crippen molar-refractivity contribution in [2.45, 2.75) is 13.5 Å². The fourth-order valence-corrected chi connectivity index (χ4v) is 2.39. The summed E-state index contributed by atoms with van der Waals surface area (Å²) >= 11 is 0. The van der Waals surface area contributed by atoms with Gasteiger partial charge in [-0.3, -0.25) is 4.79 Å². The van der Waals surface area contributed by atoms with E-state index in [9.17, 15) is 4.79 Å². The van der Waals surface area contributed by atoms with Crippen LogP contribution in [0.5, 0.6) is 0 Å². The van der Waals surface area contributed by atoms with Crippen LogP contribution in [0.15, 0.2) is 73.1 Å². The molecule has 0 unspecified atom stereocenters. The Morgan fingerprint density at radius 1 is 0.885 bits per heavy atom. The van der Waals surface area contributed by atoms with Crippen molar-refractivity contribution >= 4 is 28.7 Å². The standard InChI is InChI=1S/C20H20N4O.BrH/c1-2-24-13-11-19(12-14-24)22-17-7-9-18(10-8-17)23-20(25)15-3-5-16(21)6-4-15;/h3-14H,2H2,1H3,(H3,21,23,25);1H. The van der Waals surface area contributed by atoms with E-state index in [1.807, 2.05) is 48.8 Å². The maximum atomic E-state index is 12.2. The summed E-state index contributed by atoms with van der Waals surface area (Å²) in [6, 6.07) is 18.5. The molecule has 3 aromatic rings. The molecule has 0 spiro atoms. The van der Waals surface area contributed by atoms with Crippen molar-refractivity contribution in [3.63, 3.8) is 0 Å². The van der Waals surface area contributed by atoms with Crippen molar-refractivity contribution in [1.29, 1.82) is 0 Å². The molecule has 0 atom stereocenters. The van der Waals surface area contributed by atoms with E-state index in [0.29, 0.717) is 11.3 Å². The summed E-state index contributed by atoms with van der Waals surface area (Å²) in [6.45, 7) is 3.05. The molecule has 0 saturated carbocycles. The van der Waals surface area contributed by atoms with Gasteiger partial charge >= 0.3 is 0 Å². The number of rotatable bonds is 5. The lowest BCUT2D eigenvalue weighted by atomic mass is 10.2. The Hall–Kier alpha value is -2.86. The molecule has 0 aliphatic carbocycles. The minimum absolute atomic E-state index is 0. The van der Waals surface area contributed by atoms with Gasteiger partial charge in [-0.05, 0) is 55.5 Å². The molecule has 0 aliphatic heterocycles. The Kier molecular flexibility index (Phi) is 6.74. The number of hydrogen-bond acceptors (Lipinski definition) is 3. The largest absolute Gasteiger partial charge is 1.00 e. The van der Waals surface area contributed by atoms with Gasteiger partial charge in [0.25, 0.3) is 5.91 Å². The second-order valence-corrected chi connectivity index (χ2v) is 5.70. The van der Waals surface area contributed by atoms with Crippen LogP contribution in [0.1, 0.15) is 17.3 Å². The molecule has 26 heavy (non-hydrogen) atoms. The van der Waals surface area contributed by atoms with Crippen molar-refractivity contribution in [1.82, 2.24) is 0 Å². The molecule has 1 amide bonds. The van der Waals surface area contributed by atoms with Gasteiger partial charge < -0.3 is 33.3 Å². The molecular formula is C20H21BrN4O. The fraction of sp³-hybridized carbons (Fsp3) is 0.100. The van der Waals surface area contributed by atoms with E-state index in [0.717, 1.165) is 23.6 Å². The lowest BCUT2D eigenvalue weighted by Crippen LogP contribution is -3.00. The number of amides is 1. The lowest BCUT2D eigenvalue weighted by Gasteiger charge is -2.08. The highest BCUT2D eigenvalue weighted by molar-refractivity contribution is 6.04. The SMILES string of the molecule is CC[n+]1ccc(Nc2ccc(NC(=O)c3ccc(N)cc3)cc2)cc1.[Br-]. The number of nitrogens with zero attached hydrogens (tertiary/aromatic N) is 1. The number of carbonyl (C=O) groups excluding carboxylic acids is 1. The lowest BCUT2D eigenvalue weighted by molar-refractivity contribution is -0.693. The van der Waals surface area contributed by atoms with Gasteiger partial charge in [-0.15, -0.1) is 0 Å². The van der Waals surface area contributed by atoms with Crippen LogP contribution in [-0.4, -0.2) is 5.91 Å². The van der Waals surface area contributed by atoms with Gasteiger partial charge in [0.2, 0.25) is 0 Å². The highest BCUT2D eigenvalue weighted by Crippen LogP contribution is 2.18. The van der Waals surface area contributed by atoms with E-state index >= 15 is 0 Å². The smallest absolute Gasteiger partial charge is 0.255 e. The van der Waals surface area contributed by atoms with Crippen molar-refractivity contribution < 1.29 is 26.3 Å². The summed E-state index contributed by atoms with van der Waals surface area (Å²) in [5.41, 5.74) is 9.56. The number of pyridine rings is 1. The third-order valence-electron chi connectivity index (χ3n) is 3.86. The van der Waals surface area contributed by atoms with Gasteiger partial charge in [0.05, 0.1) is 5.69 Å². The van der Waals surface area contributed by atoms with E-state index in [2.05, 4.69) is 22.1 Å². The van der Waals surface area contributed by atoms with Crippen molar-refractivity contribution in [3.8, 4) is 0 Å². The Morgan fingerprint density at radius 2 is 1.42 bits per heavy atom. The normalized spacial score (nSPS) is 9.88. The Bertz CT molecular complexity index is 846. The third-order valence-corrected chi connectivity index (χ3v) is 3.86. The Morgan fingerprint density at radius 3 is 2.00 bits per heavy atom. The molecule has 2 aromatic carbocycles. The minimum Gasteiger partial charge on any atom is -1.00 e. The first-order valence-corrected chi connectivity index (χ1v) is 8.17. The van der Waals surface area contributed by atoms with Crippen LogP contribution >= 0.6 is 0 Å². The average molecular weight is 413 g/mol. The monoisotopic (exact) mass is 412 g/mol. The number of nitrogen functional groups attached to an aromatic ring is 1. The van der Waals surface area contributed by atoms with Crippen LogP contribution in [0.2, 0.25) is 0 Å². The Balaban J connectivity index is 0.00000243. The maximum Gasteiger partial charge on any atom is 0.255 e. The predicted molar refractivity (Wildman–Crippen MR) is 101 cm³/mol. The number of aromatic nitrogens is 1. The highest BCUT2D eigenvalue weighted by Gasteiger charge is 2.06. The van der Waals surface area contributed by atoms with E-state index in [1.165, 1.54) is 0 Å². The summed E-state index contributed by atoms with van der Waals surface area (Å²) in [4.78, 5) is 12.2. The molecule has 0 bridgehead atoms. The molecule has 134 valence electrons. The molecule has 0 saturated heterocycles. The van der Waals surface area contributed by atoms with E-state index < -0.39 is 0 Å². The van der Waals surface area contributed by atoms with Crippen molar-refractivity contribution in [2.24, 2.45) is 0 Å². The molecule has 1 heterocycles.